The SMILES string of the molecule is CCNC(=NCC#Cc1ccc(C(F)(F)F)cc1)N1CC[C@@H](O)C1.I. The molecule has 1 aliphatic rings. The fourth-order valence-corrected chi connectivity index (χ4v) is 2.36. The zero-order valence-electron chi connectivity index (χ0n) is 13.8. The Morgan fingerprint density at radius 3 is 2.56 bits per heavy atom. The number of hydrogen-bond acceptors (Lipinski definition) is 2. The Labute approximate surface area is 162 Å². The third kappa shape index (κ3) is 6.74. The Morgan fingerprint density at radius 2 is 2.04 bits per heavy atom. The molecule has 1 saturated heterocycles. The number of guanidine groups is 1. The van der Waals surface area contributed by atoms with Gasteiger partial charge in [0.15, 0.2) is 5.96 Å². The lowest BCUT2D eigenvalue weighted by molar-refractivity contribution is -0.137. The maximum atomic E-state index is 12.5. The molecule has 1 heterocycles. The summed E-state index contributed by atoms with van der Waals surface area (Å²) in [6.07, 6.45) is -3.97. The number of aliphatic hydroxyl groups excluding tert-OH is 1. The largest absolute Gasteiger partial charge is 0.416 e. The number of nitrogens with one attached hydrogen (secondary N) is 1. The molecule has 0 unspecified atom stereocenters. The van der Waals surface area contributed by atoms with Crippen LogP contribution in [0.5, 0.6) is 0 Å². The van der Waals surface area contributed by atoms with Crippen LogP contribution in [0.15, 0.2) is 29.3 Å². The highest BCUT2D eigenvalue weighted by Gasteiger charge is 2.29. The van der Waals surface area contributed by atoms with E-state index in [9.17, 15) is 18.3 Å². The monoisotopic (exact) mass is 467 g/mol. The highest BCUT2D eigenvalue weighted by molar-refractivity contribution is 14.0. The number of halogens is 4. The lowest BCUT2D eigenvalue weighted by atomic mass is 10.1. The standard InChI is InChI=1S/C17H20F3N3O.HI/c1-2-21-16(23-11-9-15(24)12-23)22-10-3-4-13-5-7-14(8-6-13)17(18,19)20;/h5-8,15,24H,2,9-12H2,1H3,(H,21,22);1H/t15-;/m1./s1. The van der Waals surface area contributed by atoms with Gasteiger partial charge in [0, 0.05) is 25.2 Å². The molecule has 1 atom stereocenters. The lowest BCUT2D eigenvalue weighted by Crippen LogP contribution is -2.40. The van der Waals surface area contributed by atoms with Crippen molar-refractivity contribution in [2.75, 3.05) is 26.2 Å². The first-order valence-electron chi connectivity index (χ1n) is 7.77. The Hall–Kier alpha value is -1.47. The fourth-order valence-electron chi connectivity index (χ4n) is 2.36. The molecule has 0 bridgehead atoms. The molecular weight excluding hydrogens is 446 g/mol. The second kappa shape index (κ2) is 9.87. The van der Waals surface area contributed by atoms with Gasteiger partial charge in [0.2, 0.25) is 0 Å². The predicted molar refractivity (Wildman–Crippen MR) is 102 cm³/mol. The number of likely N-dealkylation sites (tertiary alicyclic amines) is 1. The molecule has 0 amide bonds. The van der Waals surface area contributed by atoms with Gasteiger partial charge in [-0.1, -0.05) is 11.8 Å². The number of aliphatic hydroxyl groups is 1. The zero-order chi connectivity index (χ0) is 17.6. The van der Waals surface area contributed by atoms with Gasteiger partial charge in [-0.3, -0.25) is 0 Å². The van der Waals surface area contributed by atoms with E-state index in [2.05, 4.69) is 22.2 Å². The second-order valence-corrected chi connectivity index (χ2v) is 5.44. The Balaban J connectivity index is 0.00000312. The van der Waals surface area contributed by atoms with Gasteiger partial charge in [-0.05, 0) is 37.6 Å². The average molecular weight is 467 g/mol. The summed E-state index contributed by atoms with van der Waals surface area (Å²) in [5, 5.41) is 12.7. The molecule has 1 aliphatic heterocycles. The first-order valence-corrected chi connectivity index (χ1v) is 7.77. The number of aliphatic imine (C=N–C) groups is 1. The Bertz CT molecular complexity index is 635. The van der Waals surface area contributed by atoms with Crippen LogP contribution in [0.1, 0.15) is 24.5 Å². The summed E-state index contributed by atoms with van der Waals surface area (Å²) in [6, 6.07) is 4.73. The molecule has 0 aromatic heterocycles. The van der Waals surface area contributed by atoms with Crippen molar-refractivity contribution in [3.63, 3.8) is 0 Å². The van der Waals surface area contributed by atoms with Crippen LogP contribution >= 0.6 is 24.0 Å². The first kappa shape index (κ1) is 21.6. The molecule has 0 saturated carbocycles. The van der Waals surface area contributed by atoms with Crippen LogP contribution in [0.3, 0.4) is 0 Å². The minimum absolute atomic E-state index is 0. The zero-order valence-corrected chi connectivity index (χ0v) is 16.1. The van der Waals surface area contributed by atoms with Gasteiger partial charge < -0.3 is 15.3 Å². The molecule has 1 aromatic carbocycles. The van der Waals surface area contributed by atoms with Crippen molar-refractivity contribution >= 4 is 29.9 Å². The van der Waals surface area contributed by atoms with Gasteiger partial charge in [0.05, 0.1) is 11.7 Å². The van der Waals surface area contributed by atoms with Gasteiger partial charge >= 0.3 is 6.18 Å². The summed E-state index contributed by atoms with van der Waals surface area (Å²) in [6.45, 7) is 4.17. The molecule has 1 fully saturated rings. The molecule has 1 aromatic rings. The number of rotatable bonds is 2. The van der Waals surface area contributed by atoms with E-state index in [1.54, 1.807) is 0 Å². The van der Waals surface area contributed by atoms with Crippen LogP contribution in [-0.4, -0.2) is 48.2 Å². The van der Waals surface area contributed by atoms with Crippen LogP contribution in [0.25, 0.3) is 0 Å². The predicted octanol–water partition coefficient (Wildman–Crippen LogP) is 2.71. The molecule has 2 rings (SSSR count). The van der Waals surface area contributed by atoms with Crippen molar-refractivity contribution < 1.29 is 18.3 Å². The normalized spacial score (nSPS) is 17.6. The minimum Gasteiger partial charge on any atom is -0.391 e. The minimum atomic E-state index is -4.34. The first-order chi connectivity index (χ1) is 11.4. The van der Waals surface area contributed by atoms with Gasteiger partial charge in [0.25, 0.3) is 0 Å². The Morgan fingerprint density at radius 1 is 1.36 bits per heavy atom. The number of nitrogens with zero attached hydrogens (tertiary/aromatic N) is 2. The molecule has 25 heavy (non-hydrogen) atoms. The number of β-amino-alcohol motifs (C(OH)–C–C–N with tert-alkyl or cyclic N) is 1. The van der Waals surface area contributed by atoms with Gasteiger partial charge in [-0.25, -0.2) is 4.99 Å². The van der Waals surface area contributed by atoms with Gasteiger partial charge in [0.1, 0.15) is 6.54 Å². The summed E-state index contributed by atoms with van der Waals surface area (Å²) in [5.74, 6) is 6.33. The molecule has 0 radical (unpaired) electrons. The summed E-state index contributed by atoms with van der Waals surface area (Å²) in [4.78, 5) is 6.33. The number of alkyl halides is 3. The van der Waals surface area contributed by atoms with Crippen molar-refractivity contribution in [1.82, 2.24) is 10.2 Å². The number of hydrogen-bond donors (Lipinski definition) is 2. The lowest BCUT2D eigenvalue weighted by Gasteiger charge is -2.20. The molecule has 4 nitrogen and oxygen atoms in total. The molecule has 0 aliphatic carbocycles. The average Bonchev–Trinajstić information content (AvgIpc) is 2.96. The van der Waals surface area contributed by atoms with Crippen LogP contribution in [0.2, 0.25) is 0 Å². The van der Waals surface area contributed by atoms with Crippen molar-refractivity contribution in [1.29, 1.82) is 0 Å². The van der Waals surface area contributed by atoms with Crippen LogP contribution in [0.4, 0.5) is 13.2 Å². The summed E-state index contributed by atoms with van der Waals surface area (Å²) in [7, 11) is 0. The van der Waals surface area contributed by atoms with Crippen molar-refractivity contribution in [3.05, 3.63) is 35.4 Å². The van der Waals surface area contributed by atoms with Crippen LogP contribution in [-0.2, 0) is 6.18 Å². The molecule has 2 N–H and O–H groups in total. The quantitative estimate of drug-likeness (QED) is 0.305. The molecule has 0 spiro atoms. The second-order valence-electron chi connectivity index (χ2n) is 5.44. The van der Waals surface area contributed by atoms with Crippen molar-refractivity contribution in [2.24, 2.45) is 4.99 Å². The van der Waals surface area contributed by atoms with E-state index in [-0.39, 0.29) is 36.6 Å². The molecule has 8 heteroatoms. The maximum Gasteiger partial charge on any atom is 0.416 e. The van der Waals surface area contributed by atoms with Gasteiger partial charge in [-0.15, -0.1) is 24.0 Å². The van der Waals surface area contributed by atoms with Crippen molar-refractivity contribution in [3.8, 4) is 11.8 Å². The smallest absolute Gasteiger partial charge is 0.391 e. The van der Waals surface area contributed by atoms with E-state index in [4.69, 9.17) is 0 Å². The summed E-state index contributed by atoms with van der Waals surface area (Å²) >= 11 is 0. The topological polar surface area (TPSA) is 47.9 Å². The highest BCUT2D eigenvalue weighted by atomic mass is 127. The van der Waals surface area contributed by atoms with Gasteiger partial charge in [-0.2, -0.15) is 13.2 Å². The highest BCUT2D eigenvalue weighted by Crippen LogP contribution is 2.28. The van der Waals surface area contributed by atoms with Crippen LogP contribution < -0.4 is 5.32 Å². The fraction of sp³-hybridized carbons (Fsp3) is 0.471. The van der Waals surface area contributed by atoms with Crippen LogP contribution in [0, 0.1) is 11.8 Å². The maximum absolute atomic E-state index is 12.5. The molecular formula is C17H21F3IN3O. The van der Waals surface area contributed by atoms with E-state index in [1.807, 2.05) is 11.8 Å². The third-order valence-corrected chi connectivity index (χ3v) is 3.55. The van der Waals surface area contributed by atoms with E-state index in [1.165, 1.54) is 12.1 Å². The third-order valence-electron chi connectivity index (χ3n) is 3.55. The Kier molecular flexibility index (Phi) is 8.52. The van der Waals surface area contributed by atoms with E-state index in [0.717, 1.165) is 18.7 Å². The summed E-state index contributed by atoms with van der Waals surface area (Å²) in [5.41, 5.74) is -0.173. The van der Waals surface area contributed by atoms with Crippen molar-refractivity contribution in [2.45, 2.75) is 25.6 Å². The summed E-state index contributed by atoms with van der Waals surface area (Å²) < 4.78 is 37.4. The van der Waals surface area contributed by atoms with E-state index < -0.39 is 11.7 Å². The molecule has 138 valence electrons. The number of benzene rings is 1. The van der Waals surface area contributed by atoms with E-state index in [0.29, 0.717) is 31.0 Å². The van der Waals surface area contributed by atoms with E-state index >= 15 is 0 Å².